The molecule has 0 aliphatic heterocycles. The van der Waals surface area contributed by atoms with Crippen LogP contribution in [0.1, 0.15) is 23.2 Å². The molecule has 2 N–H and O–H groups in total. The zero-order valence-electron chi connectivity index (χ0n) is 11.2. The number of carbonyl (C=O) groups excluding carboxylic acids is 2. The fourth-order valence-electron chi connectivity index (χ4n) is 1.50. The van der Waals surface area contributed by atoms with Gasteiger partial charge < -0.3 is 15.5 Å². The predicted octanol–water partition coefficient (Wildman–Crippen LogP) is 1.98. The van der Waals surface area contributed by atoms with E-state index >= 15 is 0 Å². The van der Waals surface area contributed by atoms with Crippen LogP contribution in [0.5, 0.6) is 5.75 Å². The molecule has 20 heavy (non-hydrogen) atoms. The Morgan fingerprint density at radius 3 is 2.55 bits per heavy atom. The lowest BCUT2D eigenvalue weighted by Gasteiger charge is -2.06. The summed E-state index contributed by atoms with van der Waals surface area (Å²) >= 11 is 0. The van der Waals surface area contributed by atoms with Crippen molar-refractivity contribution in [3.63, 3.8) is 0 Å². The zero-order valence-corrected chi connectivity index (χ0v) is 11.2. The third-order valence-corrected chi connectivity index (χ3v) is 2.59. The van der Waals surface area contributed by atoms with Gasteiger partial charge in [-0.1, -0.05) is 6.58 Å². The van der Waals surface area contributed by atoms with Crippen molar-refractivity contribution in [2.75, 3.05) is 13.2 Å². The van der Waals surface area contributed by atoms with E-state index in [0.717, 1.165) is 19.1 Å². The molecule has 0 aromatic heterocycles. The second kappa shape index (κ2) is 8.63. The first kappa shape index (κ1) is 15.6. The van der Waals surface area contributed by atoms with Gasteiger partial charge in [-0.25, -0.2) is 0 Å². The molecule has 0 unspecified atom stereocenters. The Labute approximate surface area is 118 Å². The summed E-state index contributed by atoms with van der Waals surface area (Å²) in [4.78, 5) is 22.1. The molecule has 5 heteroatoms. The second-order valence-electron chi connectivity index (χ2n) is 4.08. The van der Waals surface area contributed by atoms with Crippen molar-refractivity contribution >= 4 is 17.9 Å². The molecule has 0 radical (unpaired) electrons. The highest BCUT2D eigenvalue weighted by Gasteiger charge is 2.02. The SMILES string of the molecule is C=CC(=O)NCCCCOc1ccc(C(=O)C=N)cc1. The smallest absolute Gasteiger partial charge is 0.243 e. The monoisotopic (exact) mass is 274 g/mol. The highest BCUT2D eigenvalue weighted by Crippen LogP contribution is 2.12. The number of Topliss-reactive ketones (excluding diaryl/α,β-unsaturated/α-hetero) is 1. The van der Waals surface area contributed by atoms with Gasteiger partial charge in [-0.05, 0) is 43.2 Å². The van der Waals surface area contributed by atoms with E-state index in [2.05, 4.69) is 11.9 Å². The Morgan fingerprint density at radius 2 is 1.95 bits per heavy atom. The van der Waals surface area contributed by atoms with Crippen LogP contribution in [0.3, 0.4) is 0 Å². The molecular weight excluding hydrogens is 256 g/mol. The molecule has 0 aliphatic carbocycles. The Hall–Kier alpha value is -2.43. The van der Waals surface area contributed by atoms with E-state index in [9.17, 15) is 9.59 Å². The van der Waals surface area contributed by atoms with Gasteiger partial charge in [-0.3, -0.25) is 9.59 Å². The predicted molar refractivity (Wildman–Crippen MR) is 77.5 cm³/mol. The topological polar surface area (TPSA) is 79.2 Å². The number of nitrogens with one attached hydrogen (secondary N) is 2. The molecule has 0 spiro atoms. The zero-order chi connectivity index (χ0) is 14.8. The second-order valence-corrected chi connectivity index (χ2v) is 4.08. The summed E-state index contributed by atoms with van der Waals surface area (Å²) in [5, 5.41) is 9.56. The van der Waals surface area contributed by atoms with Gasteiger partial charge in [-0.2, -0.15) is 0 Å². The lowest BCUT2D eigenvalue weighted by Crippen LogP contribution is -2.22. The first-order valence-electron chi connectivity index (χ1n) is 6.35. The largest absolute Gasteiger partial charge is 0.494 e. The maximum atomic E-state index is 11.2. The number of ether oxygens (including phenoxy) is 1. The van der Waals surface area contributed by atoms with Crippen molar-refractivity contribution in [2.24, 2.45) is 0 Å². The fourth-order valence-corrected chi connectivity index (χ4v) is 1.50. The van der Waals surface area contributed by atoms with E-state index in [-0.39, 0.29) is 11.7 Å². The van der Waals surface area contributed by atoms with Gasteiger partial charge in [0.1, 0.15) is 5.75 Å². The quantitative estimate of drug-likeness (QED) is 0.313. The van der Waals surface area contributed by atoms with Crippen LogP contribution in [0.2, 0.25) is 0 Å². The molecule has 0 fully saturated rings. The molecule has 0 saturated heterocycles. The fraction of sp³-hybridized carbons (Fsp3) is 0.267. The minimum Gasteiger partial charge on any atom is -0.494 e. The van der Waals surface area contributed by atoms with Crippen LogP contribution in [-0.2, 0) is 4.79 Å². The van der Waals surface area contributed by atoms with Crippen molar-refractivity contribution in [3.8, 4) is 5.75 Å². The van der Waals surface area contributed by atoms with Crippen LogP contribution in [0.15, 0.2) is 36.9 Å². The average Bonchev–Trinajstić information content (AvgIpc) is 2.50. The van der Waals surface area contributed by atoms with Crippen LogP contribution in [0.25, 0.3) is 0 Å². The number of carbonyl (C=O) groups is 2. The summed E-state index contributed by atoms with van der Waals surface area (Å²) in [5.74, 6) is 0.188. The first-order valence-corrected chi connectivity index (χ1v) is 6.35. The van der Waals surface area contributed by atoms with Crippen LogP contribution in [0.4, 0.5) is 0 Å². The number of hydrogen-bond donors (Lipinski definition) is 2. The molecule has 1 aromatic carbocycles. The van der Waals surface area contributed by atoms with E-state index < -0.39 is 0 Å². The first-order chi connectivity index (χ1) is 9.67. The van der Waals surface area contributed by atoms with Gasteiger partial charge >= 0.3 is 0 Å². The van der Waals surface area contributed by atoms with E-state index in [1.165, 1.54) is 6.08 Å². The number of rotatable bonds is 9. The molecule has 0 heterocycles. The third-order valence-electron chi connectivity index (χ3n) is 2.59. The van der Waals surface area contributed by atoms with Gasteiger partial charge in [0, 0.05) is 12.1 Å². The highest BCUT2D eigenvalue weighted by atomic mass is 16.5. The van der Waals surface area contributed by atoms with Crippen molar-refractivity contribution in [3.05, 3.63) is 42.5 Å². The van der Waals surface area contributed by atoms with Crippen molar-refractivity contribution in [1.29, 1.82) is 5.41 Å². The molecule has 0 atom stereocenters. The molecule has 1 rings (SSSR count). The van der Waals surface area contributed by atoms with Gasteiger partial charge in [0.2, 0.25) is 11.7 Å². The molecule has 1 aromatic rings. The molecule has 1 amide bonds. The minimum atomic E-state index is -0.325. The Kier molecular flexibility index (Phi) is 6.75. The van der Waals surface area contributed by atoms with Crippen molar-refractivity contribution in [2.45, 2.75) is 12.8 Å². The van der Waals surface area contributed by atoms with Gasteiger partial charge in [0.15, 0.2) is 0 Å². The molecular formula is C15H18N2O3. The van der Waals surface area contributed by atoms with Crippen molar-refractivity contribution < 1.29 is 14.3 Å². The van der Waals surface area contributed by atoms with Crippen LogP contribution in [0, 0.1) is 5.41 Å². The van der Waals surface area contributed by atoms with E-state index in [4.69, 9.17) is 10.1 Å². The number of amides is 1. The summed E-state index contributed by atoms with van der Waals surface area (Å²) in [7, 11) is 0. The summed E-state index contributed by atoms with van der Waals surface area (Å²) in [6.07, 6.45) is 3.67. The lowest BCUT2D eigenvalue weighted by molar-refractivity contribution is -0.116. The molecule has 0 bridgehead atoms. The molecule has 0 aliphatic rings. The van der Waals surface area contributed by atoms with Gasteiger partial charge in [0.25, 0.3) is 0 Å². The van der Waals surface area contributed by atoms with Gasteiger partial charge in [0.05, 0.1) is 12.8 Å². The molecule has 0 saturated carbocycles. The average molecular weight is 274 g/mol. The van der Waals surface area contributed by atoms with E-state index in [1.807, 2.05) is 0 Å². The van der Waals surface area contributed by atoms with Crippen LogP contribution in [-0.4, -0.2) is 31.1 Å². The van der Waals surface area contributed by atoms with Crippen molar-refractivity contribution in [1.82, 2.24) is 5.32 Å². The highest BCUT2D eigenvalue weighted by molar-refractivity contribution is 6.34. The Morgan fingerprint density at radius 1 is 1.25 bits per heavy atom. The lowest BCUT2D eigenvalue weighted by atomic mass is 10.1. The van der Waals surface area contributed by atoms with Crippen LogP contribution < -0.4 is 10.1 Å². The Bertz CT molecular complexity index is 480. The maximum Gasteiger partial charge on any atom is 0.243 e. The third kappa shape index (κ3) is 5.48. The standard InChI is InChI=1S/C15H18N2O3/c1-2-15(19)17-9-3-4-10-20-13-7-5-12(6-8-13)14(18)11-16/h2,5-8,11,16H,1,3-4,9-10H2,(H,17,19). The number of benzene rings is 1. The van der Waals surface area contributed by atoms with Gasteiger partial charge in [-0.15, -0.1) is 0 Å². The summed E-state index contributed by atoms with van der Waals surface area (Å²) in [6, 6.07) is 6.67. The number of ketones is 1. The summed E-state index contributed by atoms with van der Waals surface area (Å²) in [6.45, 7) is 4.51. The minimum absolute atomic E-state index is 0.169. The summed E-state index contributed by atoms with van der Waals surface area (Å²) in [5.41, 5.74) is 0.472. The Balaban J connectivity index is 2.22. The van der Waals surface area contributed by atoms with Crippen LogP contribution >= 0.6 is 0 Å². The van der Waals surface area contributed by atoms with E-state index in [1.54, 1.807) is 24.3 Å². The maximum absolute atomic E-state index is 11.2. The van der Waals surface area contributed by atoms with E-state index in [0.29, 0.717) is 24.5 Å². The number of unbranched alkanes of at least 4 members (excludes halogenated alkanes) is 1. The molecule has 106 valence electrons. The summed E-state index contributed by atoms with van der Waals surface area (Å²) < 4.78 is 5.51. The normalized spacial score (nSPS) is 9.60. The number of hydrogen-bond acceptors (Lipinski definition) is 4. The molecule has 5 nitrogen and oxygen atoms in total.